The van der Waals surface area contributed by atoms with Gasteiger partial charge in [-0.1, -0.05) is 55.5 Å². The summed E-state index contributed by atoms with van der Waals surface area (Å²) in [4.78, 5) is 32.6. The Morgan fingerprint density at radius 2 is 1.52 bits per heavy atom. The van der Waals surface area contributed by atoms with Crippen LogP contribution in [0.3, 0.4) is 0 Å². The van der Waals surface area contributed by atoms with Crippen molar-refractivity contribution in [2.45, 2.75) is 33.6 Å². The third-order valence-corrected chi connectivity index (χ3v) is 3.29. The zero-order chi connectivity index (χ0) is 17.2. The van der Waals surface area contributed by atoms with Crippen molar-refractivity contribution >= 4 is 17.9 Å². The maximum Gasteiger partial charge on any atom is 0.160 e. The minimum atomic E-state index is -0.0693. The van der Waals surface area contributed by atoms with E-state index in [-0.39, 0.29) is 11.6 Å². The van der Waals surface area contributed by atoms with Gasteiger partial charge in [0.25, 0.3) is 0 Å². The van der Waals surface area contributed by atoms with Gasteiger partial charge < -0.3 is 4.79 Å². The highest BCUT2D eigenvalue weighted by Crippen LogP contribution is 2.20. The molecule has 0 aromatic heterocycles. The zero-order valence-electron chi connectivity index (χ0n) is 13.8. The molecule has 0 amide bonds. The van der Waals surface area contributed by atoms with Crippen molar-refractivity contribution in [3.05, 3.63) is 70.8 Å². The maximum absolute atomic E-state index is 11.8. The summed E-state index contributed by atoms with van der Waals surface area (Å²) in [5, 5.41) is 0. The normalized spacial score (nSPS) is 9.52. The molecule has 0 aliphatic rings. The summed E-state index contributed by atoms with van der Waals surface area (Å²) in [5.41, 5.74) is 3.11. The quantitative estimate of drug-likeness (QED) is 0.612. The van der Waals surface area contributed by atoms with Crippen LogP contribution < -0.4 is 0 Å². The predicted molar refractivity (Wildman–Crippen MR) is 92.1 cm³/mol. The van der Waals surface area contributed by atoms with Crippen molar-refractivity contribution in [1.29, 1.82) is 0 Å². The maximum atomic E-state index is 11.8. The lowest BCUT2D eigenvalue weighted by molar-refractivity contribution is -0.107. The van der Waals surface area contributed by atoms with E-state index < -0.39 is 0 Å². The van der Waals surface area contributed by atoms with Crippen molar-refractivity contribution in [1.82, 2.24) is 0 Å². The predicted octanol–water partition coefficient (Wildman–Crippen LogP) is 4.28. The molecule has 0 fully saturated rings. The summed E-state index contributed by atoms with van der Waals surface area (Å²) in [6.07, 6.45) is 2.18. The fourth-order valence-corrected chi connectivity index (χ4v) is 2.27. The van der Waals surface area contributed by atoms with Gasteiger partial charge in [-0.05, 0) is 31.4 Å². The molecule has 0 bridgehead atoms. The summed E-state index contributed by atoms with van der Waals surface area (Å²) < 4.78 is 0. The van der Waals surface area contributed by atoms with E-state index in [0.717, 1.165) is 17.4 Å². The second-order valence-electron chi connectivity index (χ2n) is 5.19. The van der Waals surface area contributed by atoms with Crippen LogP contribution in [-0.4, -0.2) is 17.9 Å². The second-order valence-corrected chi connectivity index (χ2v) is 5.19. The van der Waals surface area contributed by atoms with Crippen LogP contribution in [-0.2, 0) is 11.2 Å². The number of rotatable bonds is 5. The molecule has 0 N–H and O–H groups in total. The first kappa shape index (κ1) is 18.5. The van der Waals surface area contributed by atoms with Gasteiger partial charge in [-0.25, -0.2) is 0 Å². The molecule has 0 spiro atoms. The van der Waals surface area contributed by atoms with Crippen LogP contribution in [0.25, 0.3) is 0 Å². The summed E-state index contributed by atoms with van der Waals surface area (Å²) in [5.74, 6) is -0.128. The Hall–Kier alpha value is -2.55. The second kappa shape index (κ2) is 9.46. The van der Waals surface area contributed by atoms with Gasteiger partial charge in [0, 0.05) is 17.5 Å². The minimum Gasteiger partial charge on any atom is -0.303 e. The summed E-state index contributed by atoms with van der Waals surface area (Å²) in [6.45, 7) is 4.82. The van der Waals surface area contributed by atoms with Crippen molar-refractivity contribution in [3.63, 3.8) is 0 Å². The van der Waals surface area contributed by atoms with Crippen LogP contribution in [0.2, 0.25) is 0 Å². The van der Waals surface area contributed by atoms with E-state index >= 15 is 0 Å². The van der Waals surface area contributed by atoms with E-state index in [0.29, 0.717) is 24.0 Å². The molecule has 0 saturated heterocycles. The Bertz CT molecular complexity index is 673. The van der Waals surface area contributed by atoms with Crippen LogP contribution >= 0.6 is 0 Å². The van der Waals surface area contributed by atoms with E-state index in [2.05, 4.69) is 0 Å². The third-order valence-electron chi connectivity index (χ3n) is 3.29. The number of carbonyl (C=O) groups excluding carboxylic acids is 3. The number of hydrogen-bond donors (Lipinski definition) is 0. The molecule has 0 unspecified atom stereocenters. The van der Waals surface area contributed by atoms with Gasteiger partial charge in [-0.2, -0.15) is 0 Å². The molecule has 3 heteroatoms. The van der Waals surface area contributed by atoms with E-state index in [1.165, 1.54) is 13.8 Å². The van der Waals surface area contributed by atoms with Crippen LogP contribution in [0.5, 0.6) is 0 Å². The van der Waals surface area contributed by atoms with Gasteiger partial charge in [0.15, 0.2) is 11.6 Å². The van der Waals surface area contributed by atoms with Crippen molar-refractivity contribution < 1.29 is 14.4 Å². The Morgan fingerprint density at radius 3 is 2.00 bits per heavy atom. The molecule has 3 nitrogen and oxygen atoms in total. The molecule has 2 aromatic carbocycles. The molecular formula is C20H22O3. The first-order valence-electron chi connectivity index (χ1n) is 7.62. The number of benzene rings is 2. The minimum absolute atomic E-state index is 0.0586. The lowest BCUT2D eigenvalue weighted by Gasteiger charge is -2.11. The zero-order valence-corrected chi connectivity index (χ0v) is 13.8. The fraction of sp³-hybridized carbons (Fsp3) is 0.250. The highest BCUT2D eigenvalue weighted by molar-refractivity contribution is 6.08. The topological polar surface area (TPSA) is 51.2 Å². The SMILES string of the molecule is CC(=O)c1cccc(Cc2ccccc2)c1C(C)=O.CCC=O. The molecule has 0 aliphatic heterocycles. The molecule has 120 valence electrons. The lowest BCUT2D eigenvalue weighted by Crippen LogP contribution is -2.08. The van der Waals surface area contributed by atoms with Gasteiger partial charge in [-0.15, -0.1) is 0 Å². The van der Waals surface area contributed by atoms with Crippen molar-refractivity contribution in [2.24, 2.45) is 0 Å². The number of hydrogen-bond acceptors (Lipinski definition) is 3. The van der Waals surface area contributed by atoms with Gasteiger partial charge in [-0.3, -0.25) is 9.59 Å². The van der Waals surface area contributed by atoms with Gasteiger partial charge in [0.2, 0.25) is 0 Å². The van der Waals surface area contributed by atoms with Crippen molar-refractivity contribution in [2.75, 3.05) is 0 Å². The van der Waals surface area contributed by atoms with E-state index in [4.69, 9.17) is 0 Å². The van der Waals surface area contributed by atoms with Gasteiger partial charge in [0.05, 0.1) is 0 Å². The number of ketones is 2. The van der Waals surface area contributed by atoms with Crippen LogP contribution in [0.4, 0.5) is 0 Å². The Kier molecular flexibility index (Phi) is 7.61. The largest absolute Gasteiger partial charge is 0.303 e. The number of aldehydes is 1. The molecular weight excluding hydrogens is 288 g/mol. The molecule has 0 aliphatic carbocycles. The molecule has 0 saturated carbocycles. The van der Waals surface area contributed by atoms with Crippen LogP contribution in [0.1, 0.15) is 59.0 Å². The summed E-state index contributed by atoms with van der Waals surface area (Å²) in [7, 11) is 0. The summed E-state index contributed by atoms with van der Waals surface area (Å²) >= 11 is 0. The van der Waals surface area contributed by atoms with E-state index in [1.807, 2.05) is 49.4 Å². The average Bonchev–Trinajstić information content (AvgIpc) is 2.55. The number of carbonyl (C=O) groups is 3. The smallest absolute Gasteiger partial charge is 0.160 e. The first-order chi connectivity index (χ1) is 11.0. The highest BCUT2D eigenvalue weighted by atomic mass is 16.1. The molecule has 2 aromatic rings. The Balaban J connectivity index is 0.000000593. The highest BCUT2D eigenvalue weighted by Gasteiger charge is 2.15. The monoisotopic (exact) mass is 310 g/mol. The Morgan fingerprint density at radius 1 is 0.913 bits per heavy atom. The standard InChI is InChI=1S/C17H16O2.C3H6O/c1-12(18)16-10-6-9-15(17(16)13(2)19)11-14-7-4-3-5-8-14;1-2-3-4/h3-10H,11H2,1-2H3;3H,2H2,1H3. The third kappa shape index (κ3) is 5.62. The van der Waals surface area contributed by atoms with Gasteiger partial charge >= 0.3 is 0 Å². The van der Waals surface area contributed by atoms with Crippen LogP contribution in [0, 0.1) is 0 Å². The van der Waals surface area contributed by atoms with Crippen molar-refractivity contribution in [3.8, 4) is 0 Å². The fourth-order valence-electron chi connectivity index (χ4n) is 2.27. The van der Waals surface area contributed by atoms with Crippen LogP contribution in [0.15, 0.2) is 48.5 Å². The van der Waals surface area contributed by atoms with E-state index in [1.54, 1.807) is 6.07 Å². The number of Topliss-reactive ketones (excluding diaryl/α,β-unsaturated/α-hetero) is 2. The lowest BCUT2D eigenvalue weighted by atomic mass is 9.92. The summed E-state index contributed by atoms with van der Waals surface area (Å²) in [6, 6.07) is 15.4. The molecule has 0 radical (unpaired) electrons. The average molecular weight is 310 g/mol. The van der Waals surface area contributed by atoms with Gasteiger partial charge in [0.1, 0.15) is 6.29 Å². The first-order valence-corrected chi connectivity index (χ1v) is 7.62. The molecule has 0 heterocycles. The Labute approximate surface area is 137 Å². The van der Waals surface area contributed by atoms with E-state index in [9.17, 15) is 14.4 Å². The molecule has 0 atom stereocenters. The molecule has 23 heavy (non-hydrogen) atoms. The molecule has 2 rings (SSSR count).